The first kappa shape index (κ1) is 9.53. The summed E-state index contributed by atoms with van der Waals surface area (Å²) in [5, 5.41) is 0. The maximum atomic E-state index is 2.33. The molecule has 0 amide bonds. The predicted molar refractivity (Wildman–Crippen MR) is 45.2 cm³/mol. The molecule has 0 heterocycles. The van der Waals surface area contributed by atoms with Gasteiger partial charge in [0.1, 0.15) is 0 Å². The Balaban J connectivity index is 3.75. The van der Waals surface area contributed by atoms with E-state index in [1.807, 2.05) is 0 Å². The SMILES string of the molecule is C[C](C)(C)[Al+][C](C)(C)C. The molecule has 0 aliphatic rings. The Hall–Kier alpha value is 0.532. The van der Waals surface area contributed by atoms with Crippen LogP contribution in [0.1, 0.15) is 41.5 Å². The normalized spacial score (nSPS) is 13.1. The van der Waals surface area contributed by atoms with Crippen LogP contribution in [0.2, 0.25) is 8.55 Å². The average Bonchev–Trinajstić information content (AvgIpc) is 1.14. The van der Waals surface area contributed by atoms with E-state index in [1.165, 1.54) is 0 Å². The second-order valence-corrected chi connectivity index (χ2v) is 8.63. The summed E-state index contributed by atoms with van der Waals surface area (Å²) in [4.78, 5) is 0. The maximum absolute atomic E-state index is 2.33. The Morgan fingerprint density at radius 1 is 0.667 bits per heavy atom. The van der Waals surface area contributed by atoms with E-state index >= 15 is 0 Å². The summed E-state index contributed by atoms with van der Waals surface area (Å²) in [7, 11) is 0. The van der Waals surface area contributed by atoms with Gasteiger partial charge in [-0.05, 0) is 0 Å². The summed E-state index contributed by atoms with van der Waals surface area (Å²) in [5.41, 5.74) is 0. The van der Waals surface area contributed by atoms with Gasteiger partial charge in [-0.2, -0.15) is 0 Å². The number of hydrogen-bond donors (Lipinski definition) is 0. The molecule has 0 aliphatic heterocycles. The van der Waals surface area contributed by atoms with Gasteiger partial charge >= 0.3 is 65.3 Å². The van der Waals surface area contributed by atoms with Crippen LogP contribution >= 0.6 is 0 Å². The molecule has 0 aromatic carbocycles. The molecule has 0 radical (unpaired) electrons. The van der Waals surface area contributed by atoms with E-state index < -0.39 is 0 Å². The summed E-state index contributed by atoms with van der Waals surface area (Å²) < 4.78 is 1.14. The van der Waals surface area contributed by atoms with E-state index in [0.717, 1.165) is 0 Å². The van der Waals surface area contributed by atoms with Gasteiger partial charge in [0.05, 0.1) is 0 Å². The van der Waals surface area contributed by atoms with Crippen LogP contribution in [0.4, 0.5) is 0 Å². The molecule has 0 rings (SSSR count). The van der Waals surface area contributed by atoms with Gasteiger partial charge in [0.15, 0.2) is 0 Å². The van der Waals surface area contributed by atoms with Crippen molar-refractivity contribution in [1.82, 2.24) is 0 Å². The minimum atomic E-state index is 0.568. The van der Waals surface area contributed by atoms with Crippen molar-refractivity contribution in [2.45, 2.75) is 50.1 Å². The van der Waals surface area contributed by atoms with Crippen molar-refractivity contribution in [3.63, 3.8) is 0 Å². The van der Waals surface area contributed by atoms with E-state index in [1.54, 1.807) is 0 Å². The summed E-state index contributed by atoms with van der Waals surface area (Å²) in [6.45, 7) is 14.0. The van der Waals surface area contributed by atoms with Crippen LogP contribution < -0.4 is 0 Å². The Morgan fingerprint density at radius 2 is 0.889 bits per heavy atom. The van der Waals surface area contributed by atoms with Gasteiger partial charge < -0.3 is 0 Å². The van der Waals surface area contributed by atoms with E-state index in [9.17, 15) is 0 Å². The van der Waals surface area contributed by atoms with Crippen molar-refractivity contribution >= 4 is 15.2 Å². The first-order chi connectivity index (χ1) is 3.71. The monoisotopic (exact) mass is 141 g/mol. The molecule has 0 saturated carbocycles. The zero-order chi connectivity index (χ0) is 7.71. The minimum absolute atomic E-state index is 0.568. The fourth-order valence-electron chi connectivity index (χ4n) is 1.30. The molecule has 0 aliphatic carbocycles. The third-order valence-electron chi connectivity index (χ3n) is 0.866. The van der Waals surface area contributed by atoms with Crippen molar-refractivity contribution in [1.29, 1.82) is 0 Å². The predicted octanol–water partition coefficient (Wildman–Crippen LogP) is 3.13. The molecule has 0 atom stereocenters. The summed E-state index contributed by atoms with van der Waals surface area (Å²) in [6.07, 6.45) is 0. The van der Waals surface area contributed by atoms with Gasteiger partial charge in [0.2, 0.25) is 0 Å². The second-order valence-electron chi connectivity index (χ2n) is 4.88. The molecule has 0 bridgehead atoms. The molecule has 0 aromatic heterocycles. The zero-order valence-corrected chi connectivity index (χ0v) is 8.73. The fourth-order valence-corrected chi connectivity index (χ4v) is 3.90. The molecule has 0 N–H and O–H groups in total. The molecule has 0 fully saturated rings. The molecule has 0 aromatic rings. The Bertz CT molecular complexity index is 69.7. The van der Waals surface area contributed by atoms with Crippen LogP contribution in [0.3, 0.4) is 0 Å². The molecule has 0 saturated heterocycles. The quantitative estimate of drug-likeness (QED) is 0.455. The van der Waals surface area contributed by atoms with Crippen LogP contribution in [0.5, 0.6) is 0 Å². The Labute approximate surface area is 65.7 Å². The van der Waals surface area contributed by atoms with Gasteiger partial charge in [-0.15, -0.1) is 0 Å². The van der Waals surface area contributed by atoms with E-state index in [0.29, 0.717) is 23.8 Å². The number of rotatable bonds is 0. The van der Waals surface area contributed by atoms with Crippen molar-refractivity contribution in [3.05, 3.63) is 0 Å². The topological polar surface area (TPSA) is 0 Å². The molecule has 52 valence electrons. The zero-order valence-electron chi connectivity index (χ0n) is 7.58. The summed E-state index contributed by atoms with van der Waals surface area (Å²) in [5.74, 6) is 0. The summed E-state index contributed by atoms with van der Waals surface area (Å²) >= 11 is 0.569. The van der Waals surface area contributed by atoms with E-state index in [4.69, 9.17) is 0 Å². The fraction of sp³-hybridized carbons (Fsp3) is 1.00. The van der Waals surface area contributed by atoms with Crippen molar-refractivity contribution in [3.8, 4) is 0 Å². The van der Waals surface area contributed by atoms with E-state index in [2.05, 4.69) is 41.5 Å². The van der Waals surface area contributed by atoms with Crippen molar-refractivity contribution in [2.75, 3.05) is 0 Å². The second kappa shape index (κ2) is 2.64. The molecule has 0 spiro atoms. The Morgan fingerprint density at radius 3 is 0.889 bits per heavy atom. The molecule has 9 heavy (non-hydrogen) atoms. The van der Waals surface area contributed by atoms with Gasteiger partial charge in [-0.1, -0.05) is 0 Å². The van der Waals surface area contributed by atoms with E-state index in [-0.39, 0.29) is 0 Å². The standard InChI is InChI=1S/2C4H9.Al/c2*1-4(2)3;/h2*1-3H3;/q;;+1. The first-order valence-electron chi connectivity index (χ1n) is 3.58. The third-order valence-corrected chi connectivity index (χ3v) is 2.60. The number of hydrogen-bond acceptors (Lipinski definition) is 0. The van der Waals surface area contributed by atoms with Crippen LogP contribution in [0.25, 0.3) is 0 Å². The van der Waals surface area contributed by atoms with Crippen LogP contribution in [0, 0.1) is 0 Å². The molecule has 1 heteroatoms. The van der Waals surface area contributed by atoms with Crippen molar-refractivity contribution < 1.29 is 0 Å². The van der Waals surface area contributed by atoms with Gasteiger partial charge in [0, 0.05) is 0 Å². The average molecular weight is 141 g/mol. The molecule has 0 unspecified atom stereocenters. The Kier molecular flexibility index (Phi) is 2.80. The molecular weight excluding hydrogens is 123 g/mol. The molecule has 0 nitrogen and oxygen atoms in total. The van der Waals surface area contributed by atoms with Gasteiger partial charge in [-0.3, -0.25) is 0 Å². The van der Waals surface area contributed by atoms with Gasteiger partial charge in [-0.25, -0.2) is 0 Å². The van der Waals surface area contributed by atoms with Crippen LogP contribution in [-0.2, 0) is 0 Å². The van der Waals surface area contributed by atoms with Gasteiger partial charge in [0.25, 0.3) is 0 Å². The van der Waals surface area contributed by atoms with Crippen molar-refractivity contribution in [2.24, 2.45) is 0 Å². The van der Waals surface area contributed by atoms with Crippen LogP contribution in [-0.4, -0.2) is 15.2 Å². The molecular formula is C8H18Al+. The summed E-state index contributed by atoms with van der Waals surface area (Å²) in [6, 6.07) is 0. The third kappa shape index (κ3) is 8.53. The first-order valence-corrected chi connectivity index (χ1v) is 4.73. The van der Waals surface area contributed by atoms with Crippen LogP contribution in [0.15, 0.2) is 0 Å².